The molecule has 0 fully saturated rings. The number of aromatic nitrogens is 2. The molecule has 0 bridgehead atoms. The van der Waals surface area contributed by atoms with Gasteiger partial charge in [-0.3, -0.25) is 9.59 Å². The SMILES string of the molecule is C=C(c1ccc(OC)cc1)n1c(=O)c2ccccc2c(=O)n1C. The van der Waals surface area contributed by atoms with Crippen LogP contribution in [0.5, 0.6) is 5.75 Å². The normalized spacial score (nSPS) is 10.7. The van der Waals surface area contributed by atoms with Gasteiger partial charge in [0.05, 0.1) is 23.6 Å². The lowest BCUT2D eigenvalue weighted by molar-refractivity contribution is 0.414. The molecule has 23 heavy (non-hydrogen) atoms. The lowest BCUT2D eigenvalue weighted by Crippen LogP contribution is -2.36. The van der Waals surface area contributed by atoms with Crippen molar-refractivity contribution in [1.82, 2.24) is 9.36 Å². The monoisotopic (exact) mass is 308 g/mol. The fourth-order valence-electron chi connectivity index (χ4n) is 2.58. The van der Waals surface area contributed by atoms with Crippen molar-refractivity contribution < 1.29 is 4.74 Å². The molecule has 0 saturated heterocycles. The van der Waals surface area contributed by atoms with Gasteiger partial charge in [-0.1, -0.05) is 18.7 Å². The molecule has 0 N–H and O–H groups in total. The van der Waals surface area contributed by atoms with Gasteiger partial charge >= 0.3 is 0 Å². The van der Waals surface area contributed by atoms with E-state index in [1.807, 2.05) is 0 Å². The van der Waals surface area contributed by atoms with Crippen LogP contribution in [0.25, 0.3) is 16.5 Å². The smallest absolute Gasteiger partial charge is 0.278 e. The Morgan fingerprint density at radius 3 is 2.09 bits per heavy atom. The Hall–Kier alpha value is -3.08. The van der Waals surface area contributed by atoms with E-state index in [9.17, 15) is 9.59 Å². The van der Waals surface area contributed by atoms with Gasteiger partial charge in [0.25, 0.3) is 11.1 Å². The first-order chi connectivity index (χ1) is 11.0. The van der Waals surface area contributed by atoms with Gasteiger partial charge in [0.1, 0.15) is 5.75 Å². The van der Waals surface area contributed by atoms with E-state index in [4.69, 9.17) is 4.74 Å². The first-order valence-electron chi connectivity index (χ1n) is 7.09. The van der Waals surface area contributed by atoms with Gasteiger partial charge in [-0.2, -0.15) is 0 Å². The molecule has 116 valence electrons. The summed E-state index contributed by atoms with van der Waals surface area (Å²) in [5.74, 6) is 0.710. The molecule has 0 aliphatic heterocycles. The molecule has 3 rings (SSSR count). The minimum Gasteiger partial charge on any atom is -0.497 e. The summed E-state index contributed by atoms with van der Waals surface area (Å²) in [6, 6.07) is 13.9. The molecule has 1 aromatic heterocycles. The molecular formula is C18H16N2O3. The van der Waals surface area contributed by atoms with E-state index in [1.54, 1.807) is 62.7 Å². The van der Waals surface area contributed by atoms with E-state index in [-0.39, 0.29) is 11.1 Å². The van der Waals surface area contributed by atoms with Gasteiger partial charge in [0, 0.05) is 7.05 Å². The third kappa shape index (κ3) is 2.36. The molecule has 2 aromatic carbocycles. The topological polar surface area (TPSA) is 53.2 Å². The first kappa shape index (κ1) is 14.8. The number of methoxy groups -OCH3 is 1. The Bertz CT molecular complexity index is 1010. The van der Waals surface area contributed by atoms with Crippen molar-refractivity contribution in [1.29, 1.82) is 0 Å². The van der Waals surface area contributed by atoms with Crippen molar-refractivity contribution in [3.8, 4) is 5.75 Å². The molecule has 0 atom stereocenters. The molecule has 0 spiro atoms. The Morgan fingerprint density at radius 1 is 0.957 bits per heavy atom. The molecule has 1 heterocycles. The summed E-state index contributed by atoms with van der Waals surface area (Å²) < 4.78 is 7.71. The second-order valence-corrected chi connectivity index (χ2v) is 5.17. The minimum atomic E-state index is -0.275. The first-order valence-corrected chi connectivity index (χ1v) is 7.09. The average molecular weight is 308 g/mol. The van der Waals surface area contributed by atoms with E-state index in [0.29, 0.717) is 22.2 Å². The zero-order valence-electron chi connectivity index (χ0n) is 12.9. The summed E-state index contributed by atoms with van der Waals surface area (Å²) in [5, 5.41) is 0.782. The maximum absolute atomic E-state index is 12.8. The molecule has 5 heteroatoms. The Morgan fingerprint density at radius 2 is 1.52 bits per heavy atom. The van der Waals surface area contributed by atoms with Crippen LogP contribution in [0.1, 0.15) is 5.56 Å². The molecule has 0 aliphatic rings. The second-order valence-electron chi connectivity index (χ2n) is 5.17. The number of ether oxygens (including phenoxy) is 1. The van der Waals surface area contributed by atoms with Crippen molar-refractivity contribution in [3.05, 3.63) is 81.4 Å². The van der Waals surface area contributed by atoms with Crippen LogP contribution in [-0.2, 0) is 7.05 Å². The Kier molecular flexibility index (Phi) is 3.62. The molecule has 0 saturated carbocycles. The fraction of sp³-hybridized carbons (Fsp3) is 0.111. The van der Waals surface area contributed by atoms with Gasteiger partial charge in [-0.25, -0.2) is 9.36 Å². The van der Waals surface area contributed by atoms with Crippen LogP contribution in [0, 0.1) is 0 Å². The quantitative estimate of drug-likeness (QED) is 0.745. The molecule has 0 amide bonds. The Labute approximate surface area is 132 Å². The van der Waals surface area contributed by atoms with Crippen molar-refractivity contribution >= 4 is 16.5 Å². The number of fused-ring (bicyclic) bond motifs is 1. The summed E-state index contributed by atoms with van der Waals surface area (Å²) in [4.78, 5) is 25.2. The van der Waals surface area contributed by atoms with E-state index in [0.717, 1.165) is 5.56 Å². The van der Waals surface area contributed by atoms with Crippen molar-refractivity contribution in [2.24, 2.45) is 7.05 Å². The maximum Gasteiger partial charge on any atom is 0.278 e. The van der Waals surface area contributed by atoms with Crippen molar-refractivity contribution in [2.75, 3.05) is 7.11 Å². The van der Waals surface area contributed by atoms with Crippen LogP contribution in [0.4, 0.5) is 0 Å². The molecule has 5 nitrogen and oxygen atoms in total. The van der Waals surface area contributed by atoms with Crippen molar-refractivity contribution in [3.63, 3.8) is 0 Å². The number of rotatable bonds is 3. The third-order valence-electron chi connectivity index (χ3n) is 3.85. The van der Waals surface area contributed by atoms with Gasteiger partial charge in [-0.15, -0.1) is 0 Å². The predicted molar refractivity (Wildman–Crippen MR) is 90.9 cm³/mol. The summed E-state index contributed by atoms with van der Waals surface area (Å²) in [6.07, 6.45) is 0. The largest absolute Gasteiger partial charge is 0.497 e. The van der Waals surface area contributed by atoms with Crippen LogP contribution in [0.2, 0.25) is 0 Å². The van der Waals surface area contributed by atoms with Crippen LogP contribution in [-0.4, -0.2) is 16.5 Å². The second kappa shape index (κ2) is 5.61. The van der Waals surface area contributed by atoms with E-state index in [2.05, 4.69) is 6.58 Å². The van der Waals surface area contributed by atoms with Crippen LogP contribution >= 0.6 is 0 Å². The van der Waals surface area contributed by atoms with Gasteiger partial charge in [0.2, 0.25) is 0 Å². The van der Waals surface area contributed by atoms with Crippen LogP contribution in [0.3, 0.4) is 0 Å². The number of benzene rings is 2. The zero-order valence-corrected chi connectivity index (χ0v) is 12.9. The number of hydrogen-bond donors (Lipinski definition) is 0. The van der Waals surface area contributed by atoms with Crippen LogP contribution in [0.15, 0.2) is 64.7 Å². The summed E-state index contributed by atoms with van der Waals surface area (Å²) >= 11 is 0. The lowest BCUT2D eigenvalue weighted by Gasteiger charge is -2.15. The van der Waals surface area contributed by atoms with Crippen LogP contribution < -0.4 is 15.9 Å². The summed E-state index contributed by atoms with van der Waals surface area (Å²) in [6.45, 7) is 3.98. The number of nitrogens with zero attached hydrogens (tertiary/aromatic N) is 2. The average Bonchev–Trinajstić information content (AvgIpc) is 2.60. The fourth-order valence-corrected chi connectivity index (χ4v) is 2.58. The molecule has 3 aromatic rings. The minimum absolute atomic E-state index is 0.241. The highest BCUT2D eigenvalue weighted by atomic mass is 16.5. The highest BCUT2D eigenvalue weighted by molar-refractivity contribution is 5.81. The van der Waals surface area contributed by atoms with E-state index in [1.165, 1.54) is 9.36 Å². The molecule has 0 radical (unpaired) electrons. The third-order valence-corrected chi connectivity index (χ3v) is 3.85. The molecule has 0 aliphatic carbocycles. The lowest BCUT2D eigenvalue weighted by atomic mass is 10.1. The number of hydrogen-bond acceptors (Lipinski definition) is 3. The van der Waals surface area contributed by atoms with E-state index < -0.39 is 0 Å². The zero-order chi connectivity index (χ0) is 16.6. The van der Waals surface area contributed by atoms with Gasteiger partial charge in [0.15, 0.2) is 0 Å². The molecular weight excluding hydrogens is 292 g/mol. The predicted octanol–water partition coefficient (Wildman–Crippen LogP) is 2.23. The van der Waals surface area contributed by atoms with Gasteiger partial charge < -0.3 is 4.74 Å². The molecule has 0 unspecified atom stereocenters. The van der Waals surface area contributed by atoms with E-state index >= 15 is 0 Å². The highest BCUT2D eigenvalue weighted by Gasteiger charge is 2.13. The van der Waals surface area contributed by atoms with Gasteiger partial charge in [-0.05, 0) is 42.0 Å². The summed E-state index contributed by atoms with van der Waals surface area (Å²) in [7, 11) is 3.15. The standard InChI is InChI=1S/C18H16N2O3/c1-12(13-8-10-14(23-3)11-9-13)20-18(22)16-7-5-4-6-15(16)17(21)19(20)2/h4-11H,1H2,2-3H3. The van der Waals surface area contributed by atoms with Crippen molar-refractivity contribution in [2.45, 2.75) is 0 Å². The summed E-state index contributed by atoms with van der Waals surface area (Å²) in [5.41, 5.74) is 0.652. The maximum atomic E-state index is 12.8. The highest BCUT2D eigenvalue weighted by Crippen LogP contribution is 2.18. The Balaban J connectivity index is 2.25.